The zero-order valence-electron chi connectivity index (χ0n) is 19.5. The summed E-state index contributed by atoms with van der Waals surface area (Å²) in [6.45, 7) is 5.51. The number of phenolic OH excluding ortho intramolecular Hbond substituents is 1. The van der Waals surface area contributed by atoms with Crippen molar-refractivity contribution in [3.63, 3.8) is 0 Å². The fraction of sp³-hybridized carbons (Fsp3) is 0.120. The molecule has 36 heavy (non-hydrogen) atoms. The lowest BCUT2D eigenvalue weighted by Crippen LogP contribution is -2.14. The molecule has 0 aliphatic heterocycles. The smallest absolute Gasteiger partial charge is 0.335 e. The monoisotopic (exact) mass is 487 g/mol. The van der Waals surface area contributed by atoms with Crippen LogP contribution >= 0.6 is 0 Å². The summed E-state index contributed by atoms with van der Waals surface area (Å²) in [6.07, 6.45) is 0. The lowest BCUT2D eigenvalue weighted by atomic mass is 10.0. The standard InChI is InChI=1S/C25H21N5O6/c1-13-7-8-18(9-14(13)2)29-24(32)22(15(3)28-29)27-26-21-12-19(30(35)36)11-20(23(21)31)16-5-4-6-17(10-16)25(33)34/h4-12,28,31H,1-3H3,(H,33,34). The number of carbonyl (C=O) groups is 1. The van der Waals surface area contributed by atoms with Crippen molar-refractivity contribution in [1.82, 2.24) is 9.78 Å². The molecule has 11 nitrogen and oxygen atoms in total. The first-order chi connectivity index (χ1) is 17.1. The molecule has 0 aliphatic rings. The van der Waals surface area contributed by atoms with Crippen molar-refractivity contribution >= 4 is 23.0 Å². The highest BCUT2D eigenvalue weighted by Gasteiger charge is 2.19. The maximum atomic E-state index is 13.0. The highest BCUT2D eigenvalue weighted by molar-refractivity contribution is 5.90. The third kappa shape index (κ3) is 4.49. The zero-order chi connectivity index (χ0) is 26.1. The van der Waals surface area contributed by atoms with Crippen molar-refractivity contribution in [3.8, 4) is 22.6 Å². The number of aromatic carboxylic acids is 1. The molecule has 1 heterocycles. The molecule has 0 saturated carbocycles. The van der Waals surface area contributed by atoms with Gasteiger partial charge < -0.3 is 10.2 Å². The summed E-state index contributed by atoms with van der Waals surface area (Å²) in [4.78, 5) is 35.2. The van der Waals surface area contributed by atoms with Gasteiger partial charge in [-0.05, 0) is 61.7 Å². The number of nitro groups is 1. The Morgan fingerprint density at radius 1 is 1.03 bits per heavy atom. The number of carboxylic acid groups (broad SMARTS) is 1. The number of nitrogens with zero attached hydrogens (tertiary/aromatic N) is 4. The van der Waals surface area contributed by atoms with E-state index in [9.17, 15) is 29.9 Å². The van der Waals surface area contributed by atoms with E-state index in [1.807, 2.05) is 26.0 Å². The third-order valence-electron chi connectivity index (χ3n) is 5.75. The molecule has 3 aromatic carbocycles. The second-order valence-corrected chi connectivity index (χ2v) is 8.20. The fourth-order valence-corrected chi connectivity index (χ4v) is 3.63. The molecular formula is C25H21N5O6. The number of benzene rings is 3. The normalized spacial score (nSPS) is 11.2. The number of nitrogens with one attached hydrogen (secondary N) is 1. The van der Waals surface area contributed by atoms with E-state index in [1.165, 1.54) is 28.9 Å². The maximum Gasteiger partial charge on any atom is 0.335 e. The first-order valence-electron chi connectivity index (χ1n) is 10.7. The lowest BCUT2D eigenvalue weighted by molar-refractivity contribution is -0.384. The van der Waals surface area contributed by atoms with Crippen LogP contribution in [0.4, 0.5) is 17.1 Å². The summed E-state index contributed by atoms with van der Waals surface area (Å²) in [7, 11) is 0. The van der Waals surface area contributed by atoms with Gasteiger partial charge in [0.25, 0.3) is 11.2 Å². The van der Waals surface area contributed by atoms with Gasteiger partial charge in [-0.3, -0.25) is 20.0 Å². The SMILES string of the molecule is Cc1ccc(-n2[nH]c(C)c(N=Nc3cc([N+](=O)[O-])cc(-c4cccc(C(=O)O)c4)c3O)c2=O)cc1C. The summed E-state index contributed by atoms with van der Waals surface area (Å²) in [5.41, 5.74) is 2.09. The van der Waals surface area contributed by atoms with Crippen LogP contribution in [0.5, 0.6) is 5.75 Å². The number of hydrogen-bond donors (Lipinski definition) is 3. The number of carboxylic acids is 1. The number of aromatic amines is 1. The molecule has 0 fully saturated rings. The van der Waals surface area contributed by atoms with Crippen LogP contribution in [0, 0.1) is 30.9 Å². The van der Waals surface area contributed by atoms with Gasteiger partial charge in [-0.15, -0.1) is 10.2 Å². The minimum Gasteiger partial charge on any atom is -0.505 e. The molecular weight excluding hydrogens is 466 g/mol. The molecule has 4 rings (SSSR count). The van der Waals surface area contributed by atoms with Gasteiger partial charge in [0, 0.05) is 17.7 Å². The van der Waals surface area contributed by atoms with Gasteiger partial charge in [0.2, 0.25) is 0 Å². The summed E-state index contributed by atoms with van der Waals surface area (Å²) in [5.74, 6) is -1.64. The van der Waals surface area contributed by atoms with Crippen molar-refractivity contribution in [3.05, 3.63) is 97.4 Å². The summed E-state index contributed by atoms with van der Waals surface area (Å²) >= 11 is 0. The third-order valence-corrected chi connectivity index (χ3v) is 5.75. The van der Waals surface area contributed by atoms with Crippen LogP contribution in [0.3, 0.4) is 0 Å². The molecule has 0 aliphatic carbocycles. The Morgan fingerprint density at radius 3 is 2.44 bits per heavy atom. The van der Waals surface area contributed by atoms with E-state index >= 15 is 0 Å². The molecule has 0 saturated heterocycles. The topological polar surface area (TPSA) is 163 Å². The van der Waals surface area contributed by atoms with Gasteiger partial charge in [0.15, 0.2) is 11.4 Å². The molecule has 0 atom stereocenters. The van der Waals surface area contributed by atoms with Gasteiger partial charge >= 0.3 is 5.97 Å². The average Bonchev–Trinajstić information content (AvgIpc) is 3.13. The molecule has 182 valence electrons. The molecule has 4 aromatic rings. The zero-order valence-corrected chi connectivity index (χ0v) is 19.5. The molecule has 3 N–H and O–H groups in total. The van der Waals surface area contributed by atoms with E-state index in [0.29, 0.717) is 11.4 Å². The van der Waals surface area contributed by atoms with Gasteiger partial charge in [-0.2, -0.15) is 0 Å². The van der Waals surface area contributed by atoms with Crippen LogP contribution in [-0.4, -0.2) is 30.9 Å². The first-order valence-corrected chi connectivity index (χ1v) is 10.7. The molecule has 0 radical (unpaired) electrons. The minimum absolute atomic E-state index is 0.000387. The van der Waals surface area contributed by atoms with E-state index in [0.717, 1.165) is 23.3 Å². The van der Waals surface area contributed by atoms with E-state index in [2.05, 4.69) is 15.3 Å². The summed E-state index contributed by atoms with van der Waals surface area (Å²) in [6, 6.07) is 13.2. The highest BCUT2D eigenvalue weighted by Crippen LogP contribution is 2.41. The molecule has 0 unspecified atom stereocenters. The Balaban J connectivity index is 1.80. The Labute approximate surface area is 204 Å². The molecule has 0 amide bonds. The molecule has 11 heteroatoms. The number of hydrogen-bond acceptors (Lipinski definition) is 7. The summed E-state index contributed by atoms with van der Waals surface area (Å²) < 4.78 is 1.31. The Morgan fingerprint density at radius 2 is 1.78 bits per heavy atom. The van der Waals surface area contributed by atoms with Crippen molar-refractivity contribution in [2.24, 2.45) is 10.2 Å². The number of non-ortho nitro benzene ring substituents is 1. The number of azo groups is 1. The van der Waals surface area contributed by atoms with Gasteiger partial charge in [-0.25, -0.2) is 9.48 Å². The average molecular weight is 487 g/mol. The number of aryl methyl sites for hydroxylation is 3. The number of nitro benzene ring substituents is 1. The minimum atomic E-state index is -1.19. The van der Waals surface area contributed by atoms with E-state index in [-0.39, 0.29) is 28.1 Å². The van der Waals surface area contributed by atoms with Crippen molar-refractivity contribution in [2.75, 3.05) is 0 Å². The quantitative estimate of drug-likeness (QED) is 0.185. The Bertz CT molecular complexity index is 1620. The van der Waals surface area contributed by atoms with Crippen molar-refractivity contribution in [1.29, 1.82) is 0 Å². The van der Waals surface area contributed by atoms with E-state index < -0.39 is 27.9 Å². The number of aromatic nitrogens is 2. The van der Waals surface area contributed by atoms with Crippen LogP contribution in [-0.2, 0) is 0 Å². The van der Waals surface area contributed by atoms with Crippen LogP contribution in [0.15, 0.2) is 69.6 Å². The van der Waals surface area contributed by atoms with Crippen molar-refractivity contribution in [2.45, 2.75) is 20.8 Å². The Hall–Kier alpha value is -5.06. The predicted molar refractivity (Wildman–Crippen MR) is 132 cm³/mol. The fourth-order valence-electron chi connectivity index (χ4n) is 3.63. The number of phenols is 1. The van der Waals surface area contributed by atoms with Crippen LogP contribution in [0.25, 0.3) is 16.8 Å². The molecule has 1 aromatic heterocycles. The van der Waals surface area contributed by atoms with Crippen LogP contribution in [0.1, 0.15) is 27.2 Å². The first kappa shape index (κ1) is 24.1. The summed E-state index contributed by atoms with van der Waals surface area (Å²) in [5, 5.41) is 42.5. The van der Waals surface area contributed by atoms with E-state index in [4.69, 9.17) is 0 Å². The second kappa shape index (κ2) is 9.29. The largest absolute Gasteiger partial charge is 0.505 e. The predicted octanol–water partition coefficient (Wildman–Crippen LogP) is 5.49. The number of H-pyrrole nitrogens is 1. The van der Waals surface area contributed by atoms with Crippen LogP contribution in [0.2, 0.25) is 0 Å². The molecule has 0 bridgehead atoms. The number of aromatic hydroxyl groups is 1. The maximum absolute atomic E-state index is 13.0. The number of rotatable bonds is 6. The lowest BCUT2D eigenvalue weighted by Gasteiger charge is -2.08. The Kier molecular flexibility index (Phi) is 6.22. The van der Waals surface area contributed by atoms with Crippen LogP contribution < -0.4 is 5.56 Å². The van der Waals surface area contributed by atoms with Gasteiger partial charge in [0.1, 0.15) is 5.69 Å². The van der Waals surface area contributed by atoms with Gasteiger partial charge in [0.05, 0.1) is 21.9 Å². The van der Waals surface area contributed by atoms with Crippen molar-refractivity contribution < 1.29 is 19.9 Å². The second-order valence-electron chi connectivity index (χ2n) is 8.20. The van der Waals surface area contributed by atoms with E-state index in [1.54, 1.807) is 13.0 Å². The van der Waals surface area contributed by atoms with Gasteiger partial charge in [-0.1, -0.05) is 18.2 Å². The highest BCUT2D eigenvalue weighted by atomic mass is 16.6. The molecule has 0 spiro atoms.